The number of hydrogen-bond donors (Lipinski definition) is 0. The number of halogens is 4. The van der Waals surface area contributed by atoms with E-state index in [2.05, 4.69) is 13.2 Å². The minimum absolute atomic E-state index is 0.0121. The van der Waals surface area contributed by atoms with Crippen LogP contribution in [0.25, 0.3) is 11.1 Å². The predicted octanol–water partition coefficient (Wildman–Crippen LogP) is 4.87. The second-order valence-corrected chi connectivity index (χ2v) is 5.86. The van der Waals surface area contributed by atoms with Crippen molar-refractivity contribution in [2.45, 2.75) is 13.8 Å². The van der Waals surface area contributed by atoms with E-state index in [0.717, 1.165) is 0 Å². The van der Waals surface area contributed by atoms with Crippen molar-refractivity contribution < 1.29 is 36.6 Å². The number of benzene rings is 2. The molecule has 0 bridgehead atoms. The van der Waals surface area contributed by atoms with Gasteiger partial charge in [-0.3, -0.25) is 0 Å². The van der Waals surface area contributed by atoms with E-state index in [1.165, 1.54) is 13.8 Å². The Hall–Kier alpha value is -3.42. The molecule has 0 N–H and O–H groups in total. The largest absolute Gasteiger partial charge is 0.423 e. The average Bonchev–Trinajstić information content (AvgIpc) is 2.56. The zero-order valence-electron chi connectivity index (χ0n) is 14.9. The third-order valence-electron chi connectivity index (χ3n) is 3.40. The third-order valence-corrected chi connectivity index (χ3v) is 3.40. The molecule has 0 saturated heterocycles. The van der Waals surface area contributed by atoms with Crippen LogP contribution in [0.1, 0.15) is 13.8 Å². The Balaban J connectivity index is 2.47. The summed E-state index contributed by atoms with van der Waals surface area (Å²) in [4.78, 5) is 22.9. The van der Waals surface area contributed by atoms with Crippen molar-refractivity contribution in [2.75, 3.05) is 0 Å². The second-order valence-electron chi connectivity index (χ2n) is 5.86. The molecule has 0 amide bonds. The number of hydrogen-bond acceptors (Lipinski definition) is 4. The lowest BCUT2D eigenvalue weighted by atomic mass is 10.0. The van der Waals surface area contributed by atoms with Crippen LogP contribution in [0.3, 0.4) is 0 Å². The van der Waals surface area contributed by atoms with Crippen LogP contribution in [0.2, 0.25) is 0 Å². The van der Waals surface area contributed by atoms with Crippen LogP contribution < -0.4 is 9.47 Å². The summed E-state index contributed by atoms with van der Waals surface area (Å²) in [6.07, 6.45) is 0. The lowest BCUT2D eigenvalue weighted by molar-refractivity contribution is -0.131. The standard InChI is InChI=1S/C20H14F4O4/c1-9(2)19(25)27-11-5-13(21)17(14(22)6-11)18-15(23)7-12(8-16(18)24)28-20(26)10(3)4/h5-8H,1,3H2,2,4H3. The van der Waals surface area contributed by atoms with Crippen LogP contribution in [0.15, 0.2) is 48.6 Å². The number of ether oxygens (including phenoxy) is 2. The maximum absolute atomic E-state index is 14.3. The molecule has 4 nitrogen and oxygen atoms in total. The Morgan fingerprint density at radius 1 is 0.679 bits per heavy atom. The minimum Gasteiger partial charge on any atom is -0.423 e. The smallest absolute Gasteiger partial charge is 0.338 e. The molecule has 0 aromatic heterocycles. The Kier molecular flexibility index (Phi) is 6.03. The van der Waals surface area contributed by atoms with Gasteiger partial charge >= 0.3 is 11.9 Å². The van der Waals surface area contributed by atoms with Crippen molar-refractivity contribution in [3.63, 3.8) is 0 Å². The SMILES string of the molecule is C=C(C)C(=O)Oc1cc(F)c(-c2c(F)cc(OC(=O)C(=C)C)cc2F)c(F)c1. The number of esters is 2. The Morgan fingerprint density at radius 3 is 1.14 bits per heavy atom. The molecule has 0 aliphatic rings. The van der Waals surface area contributed by atoms with Crippen LogP contribution in [0, 0.1) is 23.3 Å². The van der Waals surface area contributed by atoms with Crippen molar-refractivity contribution in [3.05, 3.63) is 71.8 Å². The van der Waals surface area contributed by atoms with Crippen LogP contribution in [-0.4, -0.2) is 11.9 Å². The second kappa shape index (κ2) is 8.08. The first-order valence-electron chi connectivity index (χ1n) is 7.75. The first kappa shape index (κ1) is 20.9. The van der Waals surface area contributed by atoms with Crippen LogP contribution in [-0.2, 0) is 9.59 Å². The van der Waals surface area contributed by atoms with Gasteiger partial charge in [-0.25, -0.2) is 27.2 Å². The first-order chi connectivity index (χ1) is 13.0. The molecule has 0 spiro atoms. The summed E-state index contributed by atoms with van der Waals surface area (Å²) in [6.45, 7) is 9.30. The van der Waals surface area contributed by atoms with Gasteiger partial charge in [-0.1, -0.05) is 13.2 Å². The summed E-state index contributed by atoms with van der Waals surface area (Å²) in [7, 11) is 0. The molecule has 2 aromatic carbocycles. The molecule has 2 aromatic rings. The molecule has 0 unspecified atom stereocenters. The highest BCUT2D eigenvalue weighted by Crippen LogP contribution is 2.35. The normalized spacial score (nSPS) is 10.4. The summed E-state index contributed by atoms with van der Waals surface area (Å²) in [6, 6.07) is 2.42. The molecule has 0 aliphatic heterocycles. The Bertz CT molecular complexity index is 884. The van der Waals surface area contributed by atoms with Gasteiger partial charge in [-0.2, -0.15) is 0 Å². The number of rotatable bonds is 5. The summed E-state index contributed by atoms with van der Waals surface area (Å²) in [5.41, 5.74) is -2.05. The highest BCUT2D eigenvalue weighted by molar-refractivity contribution is 5.89. The molecular formula is C20H14F4O4. The van der Waals surface area contributed by atoms with Gasteiger partial charge in [0.1, 0.15) is 34.8 Å². The molecule has 28 heavy (non-hydrogen) atoms. The van der Waals surface area contributed by atoms with E-state index in [1.807, 2.05) is 0 Å². The van der Waals surface area contributed by atoms with Gasteiger partial charge in [0.2, 0.25) is 0 Å². The fraction of sp³-hybridized carbons (Fsp3) is 0.100. The van der Waals surface area contributed by atoms with E-state index in [1.54, 1.807) is 0 Å². The van der Waals surface area contributed by atoms with Gasteiger partial charge in [0.05, 0.1) is 11.1 Å². The quantitative estimate of drug-likeness (QED) is 0.314. The zero-order chi connectivity index (χ0) is 21.2. The van der Waals surface area contributed by atoms with Crippen molar-refractivity contribution in [2.24, 2.45) is 0 Å². The molecular weight excluding hydrogens is 380 g/mol. The molecule has 8 heteroatoms. The Morgan fingerprint density at radius 2 is 0.929 bits per heavy atom. The molecule has 0 aliphatic carbocycles. The maximum atomic E-state index is 14.3. The lowest BCUT2D eigenvalue weighted by Gasteiger charge is -2.12. The van der Waals surface area contributed by atoms with Crippen molar-refractivity contribution >= 4 is 11.9 Å². The van der Waals surface area contributed by atoms with Crippen molar-refractivity contribution in [1.82, 2.24) is 0 Å². The number of carbonyl (C=O) groups excluding carboxylic acids is 2. The van der Waals surface area contributed by atoms with Crippen molar-refractivity contribution in [3.8, 4) is 22.6 Å². The van der Waals surface area contributed by atoms with Gasteiger partial charge in [0.25, 0.3) is 0 Å². The van der Waals surface area contributed by atoms with E-state index in [4.69, 9.17) is 9.47 Å². The Labute approximate surface area is 157 Å². The highest BCUT2D eigenvalue weighted by Gasteiger charge is 2.23. The molecule has 0 saturated carbocycles. The van der Waals surface area contributed by atoms with Gasteiger partial charge in [-0.05, 0) is 13.8 Å². The zero-order valence-corrected chi connectivity index (χ0v) is 14.9. The van der Waals surface area contributed by atoms with E-state index in [0.29, 0.717) is 24.3 Å². The molecule has 146 valence electrons. The maximum Gasteiger partial charge on any atom is 0.338 e. The first-order valence-corrected chi connectivity index (χ1v) is 7.75. The molecule has 2 rings (SSSR count). The summed E-state index contributed by atoms with van der Waals surface area (Å²) >= 11 is 0. The minimum atomic E-state index is -1.37. The van der Waals surface area contributed by atoms with E-state index < -0.39 is 57.8 Å². The average molecular weight is 394 g/mol. The van der Waals surface area contributed by atoms with Crippen molar-refractivity contribution in [1.29, 1.82) is 0 Å². The number of carbonyl (C=O) groups is 2. The summed E-state index contributed by atoms with van der Waals surface area (Å²) < 4.78 is 66.8. The van der Waals surface area contributed by atoms with E-state index in [-0.39, 0.29) is 11.1 Å². The lowest BCUT2D eigenvalue weighted by Crippen LogP contribution is -2.10. The van der Waals surface area contributed by atoms with Crippen LogP contribution in [0.5, 0.6) is 11.5 Å². The van der Waals surface area contributed by atoms with Gasteiger partial charge in [-0.15, -0.1) is 0 Å². The van der Waals surface area contributed by atoms with Gasteiger partial charge in [0.15, 0.2) is 0 Å². The fourth-order valence-electron chi connectivity index (χ4n) is 2.08. The summed E-state index contributed by atoms with van der Waals surface area (Å²) in [5.74, 6) is -8.31. The topological polar surface area (TPSA) is 52.6 Å². The van der Waals surface area contributed by atoms with Gasteiger partial charge in [0, 0.05) is 35.4 Å². The monoisotopic (exact) mass is 394 g/mol. The molecule has 0 heterocycles. The summed E-state index contributed by atoms with van der Waals surface area (Å²) in [5, 5.41) is 0. The fourth-order valence-corrected chi connectivity index (χ4v) is 2.08. The molecule has 0 atom stereocenters. The predicted molar refractivity (Wildman–Crippen MR) is 92.6 cm³/mol. The molecule has 0 fully saturated rings. The highest BCUT2D eigenvalue weighted by atomic mass is 19.1. The third kappa shape index (κ3) is 4.46. The van der Waals surface area contributed by atoms with Crippen LogP contribution >= 0.6 is 0 Å². The molecule has 0 radical (unpaired) electrons. The van der Waals surface area contributed by atoms with Gasteiger partial charge < -0.3 is 9.47 Å². The van der Waals surface area contributed by atoms with E-state index >= 15 is 0 Å². The van der Waals surface area contributed by atoms with Crippen LogP contribution in [0.4, 0.5) is 17.6 Å². The van der Waals surface area contributed by atoms with E-state index in [9.17, 15) is 27.2 Å².